The van der Waals surface area contributed by atoms with Gasteiger partial charge in [0.15, 0.2) is 0 Å². The molecular formula is C13H10BrFN2O. The Morgan fingerprint density at radius 1 is 1.22 bits per heavy atom. The van der Waals surface area contributed by atoms with Gasteiger partial charge in [-0.3, -0.25) is 4.79 Å². The van der Waals surface area contributed by atoms with E-state index in [0.717, 1.165) is 0 Å². The fourth-order valence-electron chi connectivity index (χ4n) is 1.49. The number of nitrogen functional groups attached to an aromatic ring is 1. The minimum absolute atomic E-state index is 0.355. The highest BCUT2D eigenvalue weighted by Crippen LogP contribution is 2.24. The average Bonchev–Trinajstić information content (AvgIpc) is 2.34. The summed E-state index contributed by atoms with van der Waals surface area (Å²) in [5.41, 5.74) is 6.79. The molecule has 3 nitrogen and oxygen atoms in total. The summed E-state index contributed by atoms with van der Waals surface area (Å²) in [6.07, 6.45) is 0. The normalized spacial score (nSPS) is 10.1. The van der Waals surface area contributed by atoms with E-state index in [9.17, 15) is 9.18 Å². The van der Waals surface area contributed by atoms with Crippen LogP contribution in [0.3, 0.4) is 0 Å². The van der Waals surface area contributed by atoms with Crippen LogP contribution in [0.4, 0.5) is 15.8 Å². The van der Waals surface area contributed by atoms with Crippen molar-refractivity contribution in [3.8, 4) is 0 Å². The molecule has 92 valence electrons. The molecule has 0 aliphatic rings. The molecule has 2 aromatic carbocycles. The van der Waals surface area contributed by atoms with Gasteiger partial charge in [-0.2, -0.15) is 0 Å². The van der Waals surface area contributed by atoms with Crippen molar-refractivity contribution in [3.05, 3.63) is 58.3 Å². The van der Waals surface area contributed by atoms with Crippen LogP contribution in [0.25, 0.3) is 0 Å². The molecule has 0 radical (unpaired) electrons. The van der Waals surface area contributed by atoms with Gasteiger partial charge in [0.05, 0.1) is 11.3 Å². The number of hydrogen-bond donors (Lipinski definition) is 2. The zero-order valence-corrected chi connectivity index (χ0v) is 10.9. The molecule has 0 atom stereocenters. The van der Waals surface area contributed by atoms with Crippen molar-refractivity contribution in [1.29, 1.82) is 0 Å². The van der Waals surface area contributed by atoms with Crippen LogP contribution in [-0.2, 0) is 0 Å². The summed E-state index contributed by atoms with van der Waals surface area (Å²) in [6.45, 7) is 0. The van der Waals surface area contributed by atoms with Crippen LogP contribution in [0, 0.1) is 5.82 Å². The number of anilines is 2. The van der Waals surface area contributed by atoms with Gasteiger partial charge < -0.3 is 11.1 Å². The number of carbonyl (C=O) groups excluding carboxylic acids is 1. The van der Waals surface area contributed by atoms with Gasteiger partial charge in [0.2, 0.25) is 0 Å². The lowest BCUT2D eigenvalue weighted by Crippen LogP contribution is -2.14. The van der Waals surface area contributed by atoms with Crippen LogP contribution in [0.5, 0.6) is 0 Å². The van der Waals surface area contributed by atoms with Crippen LogP contribution in [0.1, 0.15) is 10.4 Å². The number of carbonyl (C=O) groups is 1. The first-order valence-corrected chi connectivity index (χ1v) is 5.98. The van der Waals surface area contributed by atoms with Crippen LogP contribution >= 0.6 is 15.9 Å². The minimum Gasteiger partial charge on any atom is -0.398 e. The van der Waals surface area contributed by atoms with Gasteiger partial charge in [-0.15, -0.1) is 0 Å². The number of rotatable bonds is 2. The van der Waals surface area contributed by atoms with Crippen LogP contribution in [0.2, 0.25) is 0 Å². The third kappa shape index (κ3) is 2.68. The third-order valence-electron chi connectivity index (χ3n) is 2.38. The second-order valence-electron chi connectivity index (χ2n) is 3.67. The van der Waals surface area contributed by atoms with Crippen molar-refractivity contribution < 1.29 is 9.18 Å². The van der Waals surface area contributed by atoms with E-state index < -0.39 is 5.82 Å². The SMILES string of the molecule is Nc1ccccc1C(=O)Nc1cc(F)ccc1Br. The van der Waals surface area contributed by atoms with Crippen LogP contribution in [0.15, 0.2) is 46.9 Å². The first-order chi connectivity index (χ1) is 8.58. The zero-order valence-electron chi connectivity index (χ0n) is 9.28. The number of amides is 1. The van der Waals surface area contributed by atoms with Gasteiger partial charge in [-0.1, -0.05) is 12.1 Å². The first-order valence-electron chi connectivity index (χ1n) is 5.19. The molecule has 1 amide bonds. The van der Waals surface area contributed by atoms with Gasteiger partial charge in [0.25, 0.3) is 5.91 Å². The maximum Gasteiger partial charge on any atom is 0.257 e. The lowest BCUT2D eigenvalue weighted by atomic mass is 10.1. The zero-order chi connectivity index (χ0) is 13.1. The molecule has 0 aromatic heterocycles. The lowest BCUT2D eigenvalue weighted by molar-refractivity contribution is 0.102. The summed E-state index contributed by atoms with van der Waals surface area (Å²) >= 11 is 3.24. The summed E-state index contributed by atoms with van der Waals surface area (Å²) < 4.78 is 13.7. The van der Waals surface area contributed by atoms with Gasteiger partial charge in [0.1, 0.15) is 5.82 Å². The largest absolute Gasteiger partial charge is 0.398 e. The monoisotopic (exact) mass is 308 g/mol. The average molecular weight is 309 g/mol. The van der Waals surface area contributed by atoms with Crippen molar-refractivity contribution in [2.24, 2.45) is 0 Å². The summed E-state index contributed by atoms with van der Waals surface area (Å²) in [4.78, 5) is 12.0. The topological polar surface area (TPSA) is 55.1 Å². The molecule has 0 bridgehead atoms. The molecule has 2 aromatic rings. The van der Waals surface area contributed by atoms with E-state index in [4.69, 9.17) is 5.73 Å². The molecule has 0 heterocycles. The van der Waals surface area contributed by atoms with Gasteiger partial charge in [-0.05, 0) is 46.3 Å². The predicted molar refractivity (Wildman–Crippen MR) is 72.9 cm³/mol. The Morgan fingerprint density at radius 3 is 2.67 bits per heavy atom. The molecular weight excluding hydrogens is 299 g/mol. The molecule has 0 unspecified atom stereocenters. The number of nitrogens with one attached hydrogen (secondary N) is 1. The molecule has 0 saturated carbocycles. The van der Waals surface area contributed by atoms with Crippen molar-refractivity contribution in [3.63, 3.8) is 0 Å². The first kappa shape index (κ1) is 12.6. The number of nitrogens with two attached hydrogens (primary N) is 1. The predicted octanol–water partition coefficient (Wildman–Crippen LogP) is 3.42. The molecule has 0 aliphatic carbocycles. The standard InChI is InChI=1S/C13H10BrFN2O/c14-10-6-5-8(15)7-12(10)17-13(18)9-3-1-2-4-11(9)16/h1-7H,16H2,(H,17,18). The fourth-order valence-corrected chi connectivity index (χ4v) is 1.83. The lowest BCUT2D eigenvalue weighted by Gasteiger charge is -2.09. The smallest absolute Gasteiger partial charge is 0.257 e. The molecule has 3 N–H and O–H groups in total. The van der Waals surface area contributed by atoms with Crippen LogP contribution < -0.4 is 11.1 Å². The van der Waals surface area contributed by atoms with Crippen molar-refractivity contribution in [2.75, 3.05) is 11.1 Å². The number of hydrogen-bond acceptors (Lipinski definition) is 2. The quantitative estimate of drug-likeness (QED) is 0.835. The fraction of sp³-hybridized carbons (Fsp3) is 0. The Hall–Kier alpha value is -1.88. The second kappa shape index (κ2) is 5.18. The number of halogens is 2. The van der Waals surface area contributed by atoms with E-state index in [0.29, 0.717) is 21.4 Å². The van der Waals surface area contributed by atoms with Gasteiger partial charge in [0, 0.05) is 10.2 Å². The van der Waals surface area contributed by atoms with Crippen LogP contribution in [-0.4, -0.2) is 5.91 Å². The Bertz CT molecular complexity index is 601. The van der Waals surface area contributed by atoms with E-state index in [1.165, 1.54) is 18.2 Å². The highest BCUT2D eigenvalue weighted by Gasteiger charge is 2.11. The molecule has 0 aliphatic heterocycles. The number of benzene rings is 2. The minimum atomic E-state index is -0.422. The van der Waals surface area contributed by atoms with Gasteiger partial charge >= 0.3 is 0 Å². The van der Waals surface area contributed by atoms with Crippen molar-refractivity contribution in [2.45, 2.75) is 0 Å². The molecule has 0 spiro atoms. The van der Waals surface area contributed by atoms with E-state index in [2.05, 4.69) is 21.2 Å². The van der Waals surface area contributed by atoms with E-state index >= 15 is 0 Å². The molecule has 5 heteroatoms. The highest BCUT2D eigenvalue weighted by molar-refractivity contribution is 9.10. The Labute approximate surface area is 112 Å². The summed E-state index contributed by atoms with van der Waals surface area (Å²) in [5.74, 6) is -0.797. The third-order valence-corrected chi connectivity index (χ3v) is 3.07. The molecule has 2 rings (SSSR count). The maximum atomic E-state index is 13.1. The van der Waals surface area contributed by atoms with E-state index in [1.807, 2.05) is 0 Å². The summed E-state index contributed by atoms with van der Waals surface area (Å²) in [5, 5.41) is 2.60. The van der Waals surface area contributed by atoms with Gasteiger partial charge in [-0.25, -0.2) is 4.39 Å². The summed E-state index contributed by atoms with van der Waals surface area (Å²) in [7, 11) is 0. The molecule has 0 fully saturated rings. The Balaban J connectivity index is 2.27. The second-order valence-corrected chi connectivity index (χ2v) is 4.52. The summed E-state index contributed by atoms with van der Waals surface area (Å²) in [6, 6.07) is 10.8. The molecule has 18 heavy (non-hydrogen) atoms. The Kier molecular flexibility index (Phi) is 3.62. The molecule has 0 saturated heterocycles. The highest BCUT2D eigenvalue weighted by atomic mass is 79.9. The number of para-hydroxylation sites is 1. The van der Waals surface area contributed by atoms with E-state index in [-0.39, 0.29) is 5.91 Å². The Morgan fingerprint density at radius 2 is 1.94 bits per heavy atom. The van der Waals surface area contributed by atoms with E-state index in [1.54, 1.807) is 24.3 Å². The van der Waals surface area contributed by atoms with Crippen molar-refractivity contribution in [1.82, 2.24) is 0 Å². The maximum absolute atomic E-state index is 13.1. The van der Waals surface area contributed by atoms with Crippen molar-refractivity contribution >= 4 is 33.2 Å².